The first-order valence-corrected chi connectivity index (χ1v) is 13.2. The second-order valence-corrected chi connectivity index (χ2v) is 13.5. The minimum Gasteiger partial charge on any atom is -0.512 e. The molecule has 0 aromatic heterocycles. The van der Waals surface area contributed by atoms with E-state index in [0.717, 1.165) is 50.5 Å². The number of hydrogen-bond acceptors (Lipinski definition) is 3. The molecule has 0 aromatic carbocycles. The summed E-state index contributed by atoms with van der Waals surface area (Å²) in [6, 6.07) is 0. The number of aliphatic hydroxyl groups is 3. The molecule has 0 amide bonds. The van der Waals surface area contributed by atoms with Gasteiger partial charge >= 0.3 is 0 Å². The van der Waals surface area contributed by atoms with Crippen LogP contribution in [0.5, 0.6) is 0 Å². The highest BCUT2D eigenvalue weighted by Crippen LogP contribution is 2.75. The van der Waals surface area contributed by atoms with E-state index in [2.05, 4.69) is 47.3 Å². The summed E-state index contributed by atoms with van der Waals surface area (Å²) in [4.78, 5) is 0. The fourth-order valence-corrected chi connectivity index (χ4v) is 9.89. The molecule has 0 saturated heterocycles. The highest BCUT2D eigenvalue weighted by Gasteiger charge is 2.70. The van der Waals surface area contributed by atoms with Gasteiger partial charge in [0.15, 0.2) is 0 Å². The lowest BCUT2D eigenvalue weighted by Crippen LogP contribution is -2.67. The van der Waals surface area contributed by atoms with Crippen LogP contribution in [0.15, 0.2) is 24.0 Å². The zero-order valence-electron chi connectivity index (χ0n) is 21.5. The summed E-state index contributed by atoms with van der Waals surface area (Å²) < 4.78 is 0. The fraction of sp³-hybridized carbons (Fsp3) is 0.862. The predicted molar refractivity (Wildman–Crippen MR) is 131 cm³/mol. The Morgan fingerprint density at radius 3 is 2.31 bits per heavy atom. The molecule has 32 heavy (non-hydrogen) atoms. The van der Waals surface area contributed by atoms with E-state index in [1.807, 2.05) is 6.92 Å². The topological polar surface area (TPSA) is 60.7 Å². The van der Waals surface area contributed by atoms with Crippen LogP contribution in [0.3, 0.4) is 0 Å². The van der Waals surface area contributed by atoms with Crippen LogP contribution >= 0.6 is 0 Å². The third-order valence-corrected chi connectivity index (χ3v) is 11.6. The van der Waals surface area contributed by atoms with E-state index in [1.54, 1.807) is 0 Å². The number of rotatable bonds is 4. The van der Waals surface area contributed by atoms with Crippen molar-refractivity contribution < 1.29 is 15.3 Å². The Morgan fingerprint density at radius 2 is 1.66 bits per heavy atom. The van der Waals surface area contributed by atoms with Gasteiger partial charge in [-0.25, -0.2) is 0 Å². The first kappa shape index (κ1) is 24.3. The van der Waals surface area contributed by atoms with Crippen molar-refractivity contribution in [3.63, 3.8) is 0 Å². The van der Waals surface area contributed by atoms with Crippen LogP contribution < -0.4 is 0 Å². The summed E-state index contributed by atoms with van der Waals surface area (Å²) >= 11 is 0. The Hall–Kier alpha value is -0.800. The van der Waals surface area contributed by atoms with E-state index >= 15 is 0 Å². The monoisotopic (exact) mass is 444 g/mol. The lowest BCUT2D eigenvalue weighted by Gasteiger charge is -2.70. The Balaban J connectivity index is 1.65. The molecule has 0 bridgehead atoms. The average Bonchev–Trinajstić information content (AvgIpc) is 3.03. The van der Waals surface area contributed by atoms with E-state index in [0.29, 0.717) is 17.6 Å². The Labute approximate surface area is 196 Å². The van der Waals surface area contributed by atoms with Crippen LogP contribution in [0, 0.1) is 45.3 Å². The molecule has 182 valence electrons. The van der Waals surface area contributed by atoms with Crippen LogP contribution in [-0.4, -0.2) is 27.5 Å². The number of allylic oxidation sites excluding steroid dienone is 3. The summed E-state index contributed by atoms with van der Waals surface area (Å²) in [6.07, 6.45) is 10.4. The van der Waals surface area contributed by atoms with Crippen molar-refractivity contribution in [2.45, 2.75) is 112 Å². The summed E-state index contributed by atoms with van der Waals surface area (Å²) in [6.45, 7) is 17.8. The molecule has 4 aliphatic rings. The van der Waals surface area contributed by atoms with Crippen LogP contribution in [0.4, 0.5) is 0 Å². The predicted octanol–water partition coefficient (Wildman–Crippen LogP) is 6.80. The van der Waals surface area contributed by atoms with Crippen molar-refractivity contribution in [2.75, 3.05) is 0 Å². The molecule has 3 heteroatoms. The molecule has 0 aromatic rings. The zero-order valence-corrected chi connectivity index (χ0v) is 21.5. The molecular formula is C29H48O3. The minimum absolute atomic E-state index is 0.0561. The quantitative estimate of drug-likeness (QED) is 0.330. The number of aliphatic hydroxyl groups excluding tert-OH is 3. The third-order valence-electron chi connectivity index (χ3n) is 11.6. The van der Waals surface area contributed by atoms with Gasteiger partial charge in [0.2, 0.25) is 0 Å². The number of fused-ring (bicyclic) bond motifs is 5. The van der Waals surface area contributed by atoms with Gasteiger partial charge in [0.1, 0.15) is 0 Å². The van der Waals surface area contributed by atoms with Gasteiger partial charge in [-0.3, -0.25) is 0 Å². The van der Waals surface area contributed by atoms with Crippen molar-refractivity contribution in [2.24, 2.45) is 45.3 Å². The smallest absolute Gasteiger partial charge is 0.0916 e. The molecule has 0 radical (unpaired) electrons. The van der Waals surface area contributed by atoms with E-state index in [1.165, 1.54) is 12.8 Å². The molecule has 4 aliphatic carbocycles. The second kappa shape index (κ2) is 7.87. The normalized spacial score (nSPS) is 50.3. The summed E-state index contributed by atoms with van der Waals surface area (Å²) in [5, 5.41) is 33.5. The Kier molecular flexibility index (Phi) is 5.98. The molecule has 3 nitrogen and oxygen atoms in total. The maximum Gasteiger partial charge on any atom is 0.0916 e. The minimum atomic E-state index is -0.375. The van der Waals surface area contributed by atoms with Crippen molar-refractivity contribution >= 4 is 0 Å². The molecule has 3 N–H and O–H groups in total. The van der Waals surface area contributed by atoms with E-state index < -0.39 is 0 Å². The molecule has 0 heterocycles. The van der Waals surface area contributed by atoms with E-state index in [-0.39, 0.29) is 45.7 Å². The average molecular weight is 445 g/mol. The van der Waals surface area contributed by atoms with E-state index in [4.69, 9.17) is 0 Å². The first-order valence-electron chi connectivity index (χ1n) is 13.2. The molecular weight excluding hydrogens is 396 g/mol. The largest absolute Gasteiger partial charge is 0.512 e. The standard InChI is InChI=1S/C29H48O3/c1-18(2)9-8-10-21(30)19-13-16-28(6)20(19)11-12-23-27(5)15-14-24(32)26(3,4)25(27)22(31)17-29(23,28)7/h10,19-20,22-25,30-32H,1,8-9,11-17H2,2-7H3/b21-10-/t19?,20-,22+,23-,24+,25+,27-,28-,29-/m1/s1. The fourth-order valence-electron chi connectivity index (χ4n) is 9.89. The van der Waals surface area contributed by atoms with Crippen molar-refractivity contribution in [3.8, 4) is 0 Å². The van der Waals surface area contributed by atoms with Crippen molar-refractivity contribution in [3.05, 3.63) is 24.0 Å². The van der Waals surface area contributed by atoms with E-state index in [9.17, 15) is 15.3 Å². The highest BCUT2D eigenvalue weighted by molar-refractivity contribution is 5.21. The zero-order chi connectivity index (χ0) is 23.7. The Bertz CT molecular complexity index is 783. The number of hydrogen-bond donors (Lipinski definition) is 3. The molecule has 4 saturated carbocycles. The molecule has 9 atom stereocenters. The lowest BCUT2D eigenvalue weighted by atomic mass is 9.35. The highest BCUT2D eigenvalue weighted by atomic mass is 16.3. The van der Waals surface area contributed by atoms with Crippen LogP contribution in [-0.2, 0) is 0 Å². The van der Waals surface area contributed by atoms with Crippen molar-refractivity contribution in [1.29, 1.82) is 0 Å². The van der Waals surface area contributed by atoms with Gasteiger partial charge in [0.05, 0.1) is 18.0 Å². The van der Waals surface area contributed by atoms with Gasteiger partial charge < -0.3 is 15.3 Å². The van der Waals surface area contributed by atoms with Gasteiger partial charge in [-0.15, -0.1) is 6.58 Å². The second-order valence-electron chi connectivity index (χ2n) is 13.5. The first-order chi connectivity index (χ1) is 14.8. The molecule has 1 unspecified atom stereocenters. The third kappa shape index (κ3) is 3.28. The molecule has 4 rings (SSSR count). The maximum atomic E-state index is 11.6. The molecule has 4 fully saturated rings. The van der Waals surface area contributed by atoms with Gasteiger partial charge in [-0.2, -0.15) is 0 Å². The van der Waals surface area contributed by atoms with Gasteiger partial charge in [0.25, 0.3) is 0 Å². The van der Waals surface area contributed by atoms with Gasteiger partial charge in [0, 0.05) is 5.92 Å². The summed E-state index contributed by atoms with van der Waals surface area (Å²) in [5.74, 6) is 2.05. The SMILES string of the molecule is C=C(C)CC/C=C(\O)C1CC[C@]2(C)[C@@H]1CC[C@@H]1[C@@]3(C)CC[C@H](O)C(C)(C)[C@@H]3[C@@H](O)C[C@]12C. The molecule has 0 spiro atoms. The lowest BCUT2D eigenvalue weighted by molar-refractivity contribution is -0.256. The van der Waals surface area contributed by atoms with Crippen molar-refractivity contribution in [1.82, 2.24) is 0 Å². The van der Waals surface area contributed by atoms with Gasteiger partial charge in [-0.05, 0) is 110 Å². The maximum absolute atomic E-state index is 11.6. The van der Waals surface area contributed by atoms with Gasteiger partial charge in [-0.1, -0.05) is 40.2 Å². The van der Waals surface area contributed by atoms with Crippen LogP contribution in [0.2, 0.25) is 0 Å². The van der Waals surface area contributed by atoms with Crippen LogP contribution in [0.1, 0.15) is 99.3 Å². The summed E-state index contributed by atoms with van der Waals surface area (Å²) in [7, 11) is 0. The summed E-state index contributed by atoms with van der Waals surface area (Å²) in [5.41, 5.74) is 1.16. The Morgan fingerprint density at radius 1 is 0.969 bits per heavy atom. The van der Waals surface area contributed by atoms with Crippen LogP contribution in [0.25, 0.3) is 0 Å². The molecule has 0 aliphatic heterocycles.